The number of nitrogens with one attached hydrogen (secondary N) is 1. The van der Waals surface area contributed by atoms with Gasteiger partial charge in [-0.2, -0.15) is 0 Å². The van der Waals surface area contributed by atoms with E-state index in [1.54, 1.807) is 0 Å². The highest BCUT2D eigenvalue weighted by Crippen LogP contribution is 2.15. The van der Waals surface area contributed by atoms with Crippen LogP contribution in [-0.2, 0) is 4.74 Å². The van der Waals surface area contributed by atoms with E-state index in [1.165, 1.54) is 12.8 Å². The standard InChI is InChI=1S/C16H32N4O.HI/c1-4-17-16(20-7-5-6-14(2)13-20)18-12-15(3)19-8-10-21-11-9-19;/h14-15H,4-13H2,1-3H3,(H,17,18);1H. The van der Waals surface area contributed by atoms with Crippen LogP contribution in [0.5, 0.6) is 0 Å². The molecule has 2 heterocycles. The average molecular weight is 424 g/mol. The van der Waals surface area contributed by atoms with Gasteiger partial charge in [-0.15, -0.1) is 24.0 Å². The maximum Gasteiger partial charge on any atom is 0.193 e. The van der Waals surface area contributed by atoms with Crippen molar-refractivity contribution in [2.75, 3.05) is 52.5 Å². The lowest BCUT2D eigenvalue weighted by Crippen LogP contribution is -2.47. The van der Waals surface area contributed by atoms with E-state index in [-0.39, 0.29) is 24.0 Å². The molecule has 2 unspecified atom stereocenters. The molecule has 0 aromatic rings. The summed E-state index contributed by atoms with van der Waals surface area (Å²) in [6, 6.07) is 0.491. The van der Waals surface area contributed by atoms with Gasteiger partial charge in [0, 0.05) is 38.8 Å². The average Bonchev–Trinajstić information content (AvgIpc) is 2.52. The van der Waals surface area contributed by atoms with Crippen LogP contribution in [0.1, 0.15) is 33.6 Å². The van der Waals surface area contributed by atoms with Gasteiger partial charge >= 0.3 is 0 Å². The molecule has 2 aliphatic heterocycles. The van der Waals surface area contributed by atoms with Crippen molar-refractivity contribution in [3.63, 3.8) is 0 Å². The van der Waals surface area contributed by atoms with Gasteiger partial charge in [0.2, 0.25) is 0 Å². The Morgan fingerprint density at radius 3 is 2.68 bits per heavy atom. The number of guanidine groups is 1. The number of hydrogen-bond donors (Lipinski definition) is 1. The van der Waals surface area contributed by atoms with Crippen LogP contribution in [0.4, 0.5) is 0 Å². The fraction of sp³-hybridized carbons (Fsp3) is 0.938. The molecule has 0 spiro atoms. The van der Waals surface area contributed by atoms with Crippen LogP contribution in [-0.4, -0.2) is 74.3 Å². The van der Waals surface area contributed by atoms with Gasteiger partial charge in [0.1, 0.15) is 0 Å². The van der Waals surface area contributed by atoms with Gasteiger partial charge in [-0.05, 0) is 32.6 Å². The van der Waals surface area contributed by atoms with Gasteiger partial charge < -0.3 is 15.0 Å². The molecule has 0 aliphatic carbocycles. The van der Waals surface area contributed by atoms with Crippen LogP contribution in [0, 0.1) is 5.92 Å². The predicted octanol–water partition coefficient (Wildman–Crippen LogP) is 2.02. The van der Waals surface area contributed by atoms with Gasteiger partial charge in [0.15, 0.2) is 5.96 Å². The van der Waals surface area contributed by atoms with Gasteiger partial charge in [-0.1, -0.05) is 6.92 Å². The molecule has 2 aliphatic rings. The van der Waals surface area contributed by atoms with Gasteiger partial charge in [-0.25, -0.2) is 0 Å². The lowest BCUT2D eigenvalue weighted by atomic mass is 10.0. The smallest absolute Gasteiger partial charge is 0.193 e. The summed E-state index contributed by atoms with van der Waals surface area (Å²) in [5, 5.41) is 3.46. The Morgan fingerprint density at radius 1 is 1.32 bits per heavy atom. The molecule has 1 N–H and O–H groups in total. The molecule has 2 fully saturated rings. The van der Waals surface area contributed by atoms with Crippen molar-refractivity contribution < 1.29 is 4.74 Å². The number of aliphatic imine (C=N–C) groups is 1. The maximum atomic E-state index is 5.42. The van der Waals surface area contributed by atoms with Crippen LogP contribution < -0.4 is 5.32 Å². The Balaban J connectivity index is 0.00000242. The molecule has 0 aromatic heterocycles. The third kappa shape index (κ3) is 6.20. The summed E-state index contributed by atoms with van der Waals surface area (Å²) in [4.78, 5) is 9.81. The molecule has 22 heavy (non-hydrogen) atoms. The van der Waals surface area contributed by atoms with Crippen molar-refractivity contribution in [2.24, 2.45) is 10.9 Å². The largest absolute Gasteiger partial charge is 0.379 e. The highest BCUT2D eigenvalue weighted by Gasteiger charge is 2.20. The first-order valence-electron chi connectivity index (χ1n) is 8.55. The molecule has 2 rings (SSSR count). The molecular weight excluding hydrogens is 391 g/mol. The van der Waals surface area contributed by atoms with Crippen LogP contribution in [0.3, 0.4) is 0 Å². The summed E-state index contributed by atoms with van der Waals surface area (Å²) in [5.74, 6) is 1.88. The molecule has 130 valence electrons. The lowest BCUT2D eigenvalue weighted by Gasteiger charge is -2.35. The fourth-order valence-corrected chi connectivity index (χ4v) is 3.16. The second-order valence-electron chi connectivity index (χ2n) is 6.39. The molecule has 0 bridgehead atoms. The molecule has 6 heteroatoms. The van der Waals surface area contributed by atoms with E-state index in [2.05, 4.69) is 35.9 Å². The van der Waals surface area contributed by atoms with E-state index < -0.39 is 0 Å². The summed E-state index contributed by atoms with van der Waals surface area (Å²) >= 11 is 0. The zero-order valence-corrected chi connectivity index (χ0v) is 16.7. The second-order valence-corrected chi connectivity index (χ2v) is 6.39. The summed E-state index contributed by atoms with van der Waals surface area (Å²) < 4.78 is 5.42. The Morgan fingerprint density at radius 2 is 2.05 bits per heavy atom. The fourth-order valence-electron chi connectivity index (χ4n) is 3.16. The summed E-state index contributed by atoms with van der Waals surface area (Å²) in [7, 11) is 0. The highest BCUT2D eigenvalue weighted by molar-refractivity contribution is 14.0. The molecule has 0 amide bonds. The molecule has 5 nitrogen and oxygen atoms in total. The molecule has 0 saturated carbocycles. The number of piperidine rings is 1. The Kier molecular flexibility index (Phi) is 9.66. The first-order chi connectivity index (χ1) is 10.2. The normalized spacial score (nSPS) is 25.5. The third-order valence-corrected chi connectivity index (χ3v) is 4.47. The van der Waals surface area contributed by atoms with Crippen molar-refractivity contribution >= 4 is 29.9 Å². The van der Waals surface area contributed by atoms with E-state index in [0.717, 1.165) is 64.4 Å². The SMILES string of the molecule is CCNC(=NCC(C)N1CCOCC1)N1CCCC(C)C1.I. The molecule has 0 aromatic carbocycles. The van der Waals surface area contributed by atoms with Crippen molar-refractivity contribution in [3.05, 3.63) is 0 Å². The molecule has 0 radical (unpaired) electrons. The number of morpholine rings is 1. The maximum absolute atomic E-state index is 5.42. The van der Waals surface area contributed by atoms with Crippen LogP contribution >= 0.6 is 24.0 Å². The summed E-state index contributed by atoms with van der Waals surface area (Å²) in [6.45, 7) is 14.6. The quantitative estimate of drug-likeness (QED) is 0.426. The summed E-state index contributed by atoms with van der Waals surface area (Å²) in [5.41, 5.74) is 0. The highest BCUT2D eigenvalue weighted by atomic mass is 127. The number of nitrogens with zero attached hydrogens (tertiary/aromatic N) is 3. The van der Waals surface area contributed by atoms with Crippen molar-refractivity contribution in [1.29, 1.82) is 0 Å². The zero-order valence-electron chi connectivity index (χ0n) is 14.4. The van der Waals surface area contributed by atoms with Crippen molar-refractivity contribution in [2.45, 2.75) is 39.7 Å². The Hall–Kier alpha value is -0.0800. The second kappa shape index (κ2) is 10.6. The van der Waals surface area contributed by atoms with E-state index in [1.807, 2.05) is 0 Å². The van der Waals surface area contributed by atoms with E-state index in [9.17, 15) is 0 Å². The Bertz CT molecular complexity index is 334. The number of rotatable bonds is 4. The number of ether oxygens (including phenoxy) is 1. The van der Waals surface area contributed by atoms with Crippen LogP contribution in [0.15, 0.2) is 4.99 Å². The van der Waals surface area contributed by atoms with Crippen molar-refractivity contribution in [3.8, 4) is 0 Å². The number of halogens is 1. The van der Waals surface area contributed by atoms with E-state index >= 15 is 0 Å². The first-order valence-corrected chi connectivity index (χ1v) is 8.55. The number of likely N-dealkylation sites (tertiary alicyclic amines) is 1. The van der Waals surface area contributed by atoms with Crippen LogP contribution in [0.25, 0.3) is 0 Å². The first kappa shape index (κ1) is 20.0. The van der Waals surface area contributed by atoms with Gasteiger partial charge in [0.25, 0.3) is 0 Å². The lowest BCUT2D eigenvalue weighted by molar-refractivity contribution is 0.0220. The minimum Gasteiger partial charge on any atom is -0.379 e. The van der Waals surface area contributed by atoms with Crippen LogP contribution in [0.2, 0.25) is 0 Å². The predicted molar refractivity (Wildman–Crippen MR) is 103 cm³/mol. The topological polar surface area (TPSA) is 40.1 Å². The van der Waals surface area contributed by atoms with Gasteiger partial charge in [-0.3, -0.25) is 9.89 Å². The third-order valence-electron chi connectivity index (χ3n) is 4.47. The zero-order chi connectivity index (χ0) is 15.1. The van der Waals surface area contributed by atoms with E-state index in [0.29, 0.717) is 6.04 Å². The monoisotopic (exact) mass is 424 g/mol. The van der Waals surface area contributed by atoms with Crippen molar-refractivity contribution in [1.82, 2.24) is 15.1 Å². The van der Waals surface area contributed by atoms with E-state index in [4.69, 9.17) is 9.73 Å². The minimum atomic E-state index is 0. The molecule has 2 saturated heterocycles. The Labute approximate surface area is 152 Å². The molecular formula is C16H33IN4O. The minimum absolute atomic E-state index is 0. The number of hydrogen-bond acceptors (Lipinski definition) is 3. The summed E-state index contributed by atoms with van der Waals surface area (Å²) in [6.07, 6.45) is 2.63. The molecule has 2 atom stereocenters. The van der Waals surface area contributed by atoms with Gasteiger partial charge in [0.05, 0.1) is 19.8 Å².